The van der Waals surface area contributed by atoms with E-state index in [4.69, 9.17) is 10.8 Å². The van der Waals surface area contributed by atoms with Crippen LogP contribution in [0.2, 0.25) is 0 Å². The highest BCUT2D eigenvalue weighted by Crippen LogP contribution is 2.12. The molecule has 212 valence electrons. The van der Waals surface area contributed by atoms with Crippen molar-refractivity contribution in [3.8, 4) is 0 Å². The molecule has 0 aliphatic rings. The van der Waals surface area contributed by atoms with Crippen molar-refractivity contribution in [1.82, 2.24) is 35.9 Å². The Morgan fingerprint density at radius 2 is 1.68 bits per heavy atom. The maximum absolute atomic E-state index is 12.6. The molecule has 1 atom stereocenters. The summed E-state index contributed by atoms with van der Waals surface area (Å²) in [5.74, 6) is -2.76. The molecule has 3 amide bonds. The van der Waals surface area contributed by atoms with Crippen LogP contribution in [0.4, 0.5) is 11.6 Å². The SMILES string of the molecule is Nc1nc2ncc(CNc3ccc(C(=O)NC(CCC(=O)NCCNC(=O)CCO)C(=O)O)cc3)nc2c(=O)[nH]1. The minimum Gasteiger partial charge on any atom is -0.480 e. The Morgan fingerprint density at radius 3 is 2.33 bits per heavy atom. The molecule has 1 aromatic carbocycles. The Kier molecular flexibility index (Phi) is 10.4. The summed E-state index contributed by atoms with van der Waals surface area (Å²) in [6, 6.07) is 4.93. The highest BCUT2D eigenvalue weighted by molar-refractivity contribution is 5.97. The van der Waals surface area contributed by atoms with E-state index in [1.807, 2.05) is 0 Å². The van der Waals surface area contributed by atoms with Crippen LogP contribution in [0.3, 0.4) is 0 Å². The third-order valence-corrected chi connectivity index (χ3v) is 5.48. The van der Waals surface area contributed by atoms with Gasteiger partial charge in [0.2, 0.25) is 17.8 Å². The first kappa shape index (κ1) is 29.4. The van der Waals surface area contributed by atoms with E-state index in [0.717, 1.165) is 0 Å². The predicted molar refractivity (Wildman–Crippen MR) is 142 cm³/mol. The van der Waals surface area contributed by atoms with E-state index in [2.05, 4.69) is 41.2 Å². The molecule has 0 fully saturated rings. The minimum atomic E-state index is -1.29. The Bertz CT molecular complexity index is 1430. The number of aliphatic carboxylic acids is 1. The molecule has 0 aliphatic carbocycles. The number of hydrogen-bond acceptors (Lipinski definition) is 11. The van der Waals surface area contributed by atoms with Crippen LogP contribution in [0.15, 0.2) is 35.3 Å². The van der Waals surface area contributed by atoms with E-state index < -0.39 is 29.4 Å². The number of nitrogens with zero attached hydrogens (tertiary/aromatic N) is 3. The number of carbonyl (C=O) groups is 4. The molecule has 1 unspecified atom stereocenters. The van der Waals surface area contributed by atoms with Crippen molar-refractivity contribution in [3.63, 3.8) is 0 Å². The van der Waals surface area contributed by atoms with E-state index in [1.165, 1.54) is 18.3 Å². The van der Waals surface area contributed by atoms with Gasteiger partial charge in [-0.2, -0.15) is 4.98 Å². The van der Waals surface area contributed by atoms with Crippen LogP contribution in [0.1, 0.15) is 35.3 Å². The lowest BCUT2D eigenvalue weighted by Crippen LogP contribution is -2.42. The summed E-state index contributed by atoms with van der Waals surface area (Å²) in [5.41, 5.74) is 6.47. The molecule has 0 spiro atoms. The van der Waals surface area contributed by atoms with Crippen LogP contribution >= 0.6 is 0 Å². The largest absolute Gasteiger partial charge is 0.480 e. The van der Waals surface area contributed by atoms with Crippen LogP contribution in [-0.2, 0) is 20.9 Å². The number of carboxylic acid groups (broad SMARTS) is 1. The van der Waals surface area contributed by atoms with E-state index in [9.17, 15) is 29.1 Å². The molecule has 0 saturated carbocycles. The van der Waals surface area contributed by atoms with Crippen molar-refractivity contribution in [2.75, 3.05) is 30.7 Å². The van der Waals surface area contributed by atoms with Crippen molar-refractivity contribution >= 4 is 46.5 Å². The van der Waals surface area contributed by atoms with E-state index in [1.54, 1.807) is 12.1 Å². The van der Waals surface area contributed by atoms with E-state index >= 15 is 0 Å². The van der Waals surface area contributed by atoms with Crippen molar-refractivity contribution in [2.45, 2.75) is 31.8 Å². The van der Waals surface area contributed by atoms with Crippen LogP contribution in [0.25, 0.3) is 11.2 Å². The molecule has 0 saturated heterocycles. The van der Waals surface area contributed by atoms with Gasteiger partial charge < -0.3 is 37.2 Å². The molecule has 0 radical (unpaired) electrons. The van der Waals surface area contributed by atoms with Gasteiger partial charge in [-0.1, -0.05) is 0 Å². The van der Waals surface area contributed by atoms with E-state index in [-0.39, 0.29) is 74.1 Å². The average molecular weight is 556 g/mol. The lowest BCUT2D eigenvalue weighted by Gasteiger charge is -2.15. The van der Waals surface area contributed by atoms with Gasteiger partial charge in [0.15, 0.2) is 11.2 Å². The number of amides is 3. The molecular weight excluding hydrogens is 526 g/mol. The number of carboxylic acids is 1. The second-order valence-corrected chi connectivity index (χ2v) is 8.49. The molecule has 16 nitrogen and oxygen atoms in total. The second-order valence-electron chi connectivity index (χ2n) is 8.49. The quantitative estimate of drug-likeness (QED) is 0.106. The molecule has 0 aliphatic heterocycles. The van der Waals surface area contributed by atoms with Gasteiger partial charge in [-0.3, -0.25) is 24.2 Å². The second kappa shape index (κ2) is 14.1. The summed E-state index contributed by atoms with van der Waals surface area (Å²) >= 11 is 0. The third kappa shape index (κ3) is 8.73. The highest BCUT2D eigenvalue weighted by atomic mass is 16.4. The van der Waals surface area contributed by atoms with Crippen LogP contribution in [-0.4, -0.2) is 79.6 Å². The Morgan fingerprint density at radius 1 is 1.00 bits per heavy atom. The Hall–Kier alpha value is -5.12. The summed E-state index contributed by atoms with van der Waals surface area (Å²) in [4.78, 5) is 74.0. The first-order chi connectivity index (χ1) is 19.2. The number of aromatic amines is 1. The van der Waals surface area contributed by atoms with Crippen LogP contribution < -0.4 is 32.6 Å². The fourth-order valence-electron chi connectivity index (χ4n) is 3.44. The normalized spacial score (nSPS) is 11.4. The number of aliphatic hydroxyl groups is 1. The van der Waals surface area contributed by atoms with Gasteiger partial charge in [0.05, 0.1) is 25.0 Å². The summed E-state index contributed by atoms with van der Waals surface area (Å²) in [5, 5.41) is 28.7. The molecule has 2 aromatic heterocycles. The van der Waals surface area contributed by atoms with Crippen molar-refractivity contribution in [1.29, 1.82) is 0 Å². The average Bonchev–Trinajstić information content (AvgIpc) is 2.92. The number of aromatic nitrogens is 4. The lowest BCUT2D eigenvalue weighted by molar-refractivity contribution is -0.139. The van der Waals surface area contributed by atoms with Gasteiger partial charge in [0.25, 0.3) is 11.5 Å². The number of benzene rings is 1. The predicted octanol–water partition coefficient (Wildman–Crippen LogP) is -1.51. The zero-order valence-electron chi connectivity index (χ0n) is 21.3. The van der Waals surface area contributed by atoms with Gasteiger partial charge in [-0.05, 0) is 30.7 Å². The molecule has 3 aromatic rings. The Balaban J connectivity index is 1.47. The first-order valence-corrected chi connectivity index (χ1v) is 12.2. The molecule has 2 heterocycles. The third-order valence-electron chi connectivity index (χ3n) is 5.48. The summed E-state index contributed by atoms with van der Waals surface area (Å²) in [6.07, 6.45) is 1.12. The molecule has 0 bridgehead atoms. The number of nitrogen functional groups attached to an aromatic ring is 1. The monoisotopic (exact) mass is 555 g/mol. The number of aliphatic hydroxyl groups excluding tert-OH is 1. The van der Waals surface area contributed by atoms with Crippen molar-refractivity contribution in [2.24, 2.45) is 0 Å². The number of rotatable bonds is 14. The summed E-state index contributed by atoms with van der Waals surface area (Å²) in [6.45, 7) is 0.245. The smallest absolute Gasteiger partial charge is 0.326 e. The van der Waals surface area contributed by atoms with Gasteiger partial charge in [0, 0.05) is 37.2 Å². The number of carbonyl (C=O) groups excluding carboxylic acids is 3. The maximum atomic E-state index is 12.6. The van der Waals surface area contributed by atoms with Gasteiger partial charge >= 0.3 is 5.97 Å². The number of anilines is 2. The summed E-state index contributed by atoms with van der Waals surface area (Å²) < 4.78 is 0. The minimum absolute atomic E-state index is 0.0361. The standard InChI is InChI=1S/C24H29N9O7/c25-24-32-20-19(22(38)33-24)30-15(12-29-20)11-28-14-3-1-13(2-4-14)21(37)31-16(23(39)40)5-6-17(35)26-8-9-27-18(36)7-10-34/h1-4,12,16,28,34H,5-11H2,(H,26,35)(H,27,36)(H,31,37)(H,39,40)(H3,25,29,32,33,38). The van der Waals surface area contributed by atoms with E-state index in [0.29, 0.717) is 11.4 Å². The molecule has 16 heteroatoms. The number of H-pyrrole nitrogens is 1. The molecule has 9 N–H and O–H groups in total. The fourth-order valence-corrected chi connectivity index (χ4v) is 3.44. The van der Waals surface area contributed by atoms with Crippen molar-refractivity contribution < 1.29 is 29.4 Å². The van der Waals surface area contributed by atoms with Gasteiger partial charge in [-0.25, -0.2) is 14.8 Å². The molecule has 40 heavy (non-hydrogen) atoms. The maximum Gasteiger partial charge on any atom is 0.326 e. The summed E-state index contributed by atoms with van der Waals surface area (Å²) in [7, 11) is 0. The van der Waals surface area contributed by atoms with Crippen LogP contribution in [0, 0.1) is 0 Å². The molecular formula is C24H29N9O7. The number of nitrogens with two attached hydrogens (primary N) is 1. The molecule has 3 rings (SSSR count). The highest BCUT2D eigenvalue weighted by Gasteiger charge is 2.21. The van der Waals surface area contributed by atoms with Crippen LogP contribution in [0.5, 0.6) is 0 Å². The number of nitrogens with one attached hydrogen (secondary N) is 5. The topological polar surface area (TPSA) is 254 Å². The zero-order valence-corrected chi connectivity index (χ0v) is 21.3. The van der Waals surface area contributed by atoms with Gasteiger partial charge in [0.1, 0.15) is 6.04 Å². The lowest BCUT2D eigenvalue weighted by atomic mass is 10.1. The fraction of sp³-hybridized carbons (Fsp3) is 0.333. The van der Waals surface area contributed by atoms with Gasteiger partial charge in [-0.15, -0.1) is 0 Å². The number of fused-ring (bicyclic) bond motifs is 1. The zero-order chi connectivity index (χ0) is 29.1. The van der Waals surface area contributed by atoms with Crippen molar-refractivity contribution in [3.05, 3.63) is 52.1 Å². The Labute approximate surface area is 226 Å². The number of hydrogen-bond donors (Lipinski definition) is 8. The first-order valence-electron chi connectivity index (χ1n) is 12.2.